The van der Waals surface area contributed by atoms with Gasteiger partial charge in [-0.15, -0.1) is 11.3 Å². The molecular formula is C23H22N4O2S2. The number of para-hydroxylation sites is 1. The number of hydrogen-bond donors (Lipinski definition) is 2. The Morgan fingerprint density at radius 1 is 1.06 bits per heavy atom. The van der Waals surface area contributed by atoms with Crippen molar-refractivity contribution in [2.24, 2.45) is 0 Å². The highest BCUT2D eigenvalue weighted by Gasteiger charge is 2.11. The van der Waals surface area contributed by atoms with Crippen LogP contribution in [0, 0.1) is 0 Å². The van der Waals surface area contributed by atoms with E-state index in [-0.39, 0.29) is 0 Å². The fourth-order valence-corrected chi connectivity index (χ4v) is 4.38. The van der Waals surface area contributed by atoms with Gasteiger partial charge in [-0.3, -0.25) is 4.98 Å². The van der Waals surface area contributed by atoms with E-state index in [1.807, 2.05) is 54.7 Å². The third-order valence-corrected chi connectivity index (χ3v) is 6.03. The van der Waals surface area contributed by atoms with E-state index in [0.29, 0.717) is 11.7 Å². The second-order valence-electron chi connectivity index (χ2n) is 6.73. The molecule has 4 rings (SSSR count). The van der Waals surface area contributed by atoms with E-state index in [4.69, 9.17) is 26.7 Å². The van der Waals surface area contributed by atoms with E-state index < -0.39 is 0 Å². The number of thiocarbonyl (C=S) groups is 1. The van der Waals surface area contributed by atoms with Gasteiger partial charge in [0.15, 0.2) is 16.6 Å². The second kappa shape index (κ2) is 9.72. The van der Waals surface area contributed by atoms with Crippen LogP contribution in [0.25, 0.3) is 20.8 Å². The average Bonchev–Trinajstić information content (AvgIpc) is 3.23. The van der Waals surface area contributed by atoms with Gasteiger partial charge in [-0.2, -0.15) is 0 Å². The summed E-state index contributed by atoms with van der Waals surface area (Å²) in [5.74, 6) is 1.44. The topological polar surface area (TPSA) is 68.3 Å². The standard InChI is InChI=1S/C23H22N4O2S2/c1-28-19-8-7-15(13-20(19)29-2)9-12-25-23(30)27-17-6-4-3-5-16(17)22-26-18-10-11-24-14-21(18)31-22/h3-8,10-11,13-14H,9,12H2,1-2H3,(H2,25,27,30). The van der Waals surface area contributed by atoms with Gasteiger partial charge in [-0.1, -0.05) is 18.2 Å². The Morgan fingerprint density at radius 2 is 1.90 bits per heavy atom. The molecule has 31 heavy (non-hydrogen) atoms. The summed E-state index contributed by atoms with van der Waals surface area (Å²) in [6.07, 6.45) is 4.40. The Labute approximate surface area is 190 Å². The largest absolute Gasteiger partial charge is 0.493 e. The van der Waals surface area contributed by atoms with Crippen molar-refractivity contribution in [3.8, 4) is 22.1 Å². The Balaban J connectivity index is 1.40. The summed E-state index contributed by atoms with van der Waals surface area (Å²) in [7, 11) is 3.27. The van der Waals surface area contributed by atoms with Crippen molar-refractivity contribution in [2.75, 3.05) is 26.1 Å². The van der Waals surface area contributed by atoms with Gasteiger partial charge in [0.1, 0.15) is 5.01 Å². The first kappa shape index (κ1) is 21.0. The van der Waals surface area contributed by atoms with Crippen molar-refractivity contribution in [1.82, 2.24) is 15.3 Å². The quantitative estimate of drug-likeness (QED) is 0.388. The van der Waals surface area contributed by atoms with E-state index in [9.17, 15) is 0 Å². The van der Waals surface area contributed by atoms with Crippen molar-refractivity contribution in [3.05, 3.63) is 66.5 Å². The van der Waals surface area contributed by atoms with Gasteiger partial charge < -0.3 is 20.1 Å². The summed E-state index contributed by atoms with van der Waals surface area (Å²) < 4.78 is 11.7. The number of nitrogens with zero attached hydrogens (tertiary/aromatic N) is 2. The zero-order chi connectivity index (χ0) is 21.6. The number of hydrogen-bond acceptors (Lipinski definition) is 6. The van der Waals surface area contributed by atoms with Crippen LogP contribution in [-0.4, -0.2) is 35.8 Å². The number of benzene rings is 2. The smallest absolute Gasteiger partial charge is 0.170 e. The number of pyridine rings is 1. The van der Waals surface area contributed by atoms with E-state index in [0.717, 1.165) is 50.0 Å². The predicted molar refractivity (Wildman–Crippen MR) is 130 cm³/mol. The van der Waals surface area contributed by atoms with Gasteiger partial charge in [0, 0.05) is 24.5 Å². The Bertz CT molecular complexity index is 1180. The summed E-state index contributed by atoms with van der Waals surface area (Å²) in [5, 5.41) is 8.07. The van der Waals surface area contributed by atoms with Crippen LogP contribution >= 0.6 is 23.6 Å². The van der Waals surface area contributed by atoms with Crippen molar-refractivity contribution in [2.45, 2.75) is 6.42 Å². The lowest BCUT2D eigenvalue weighted by Gasteiger charge is -2.14. The minimum absolute atomic E-state index is 0.565. The first-order chi connectivity index (χ1) is 15.2. The van der Waals surface area contributed by atoms with E-state index in [2.05, 4.69) is 15.6 Å². The van der Waals surface area contributed by atoms with Crippen molar-refractivity contribution in [1.29, 1.82) is 0 Å². The molecule has 0 saturated heterocycles. The molecule has 4 aromatic rings. The molecule has 8 heteroatoms. The molecule has 0 aliphatic carbocycles. The number of aromatic nitrogens is 2. The number of anilines is 1. The highest BCUT2D eigenvalue weighted by Crippen LogP contribution is 2.34. The molecule has 0 atom stereocenters. The second-order valence-corrected chi connectivity index (χ2v) is 8.17. The van der Waals surface area contributed by atoms with Crippen molar-refractivity contribution in [3.63, 3.8) is 0 Å². The number of methoxy groups -OCH3 is 2. The SMILES string of the molecule is COc1ccc(CCNC(=S)Nc2ccccc2-c2nc3ccncc3s2)cc1OC. The van der Waals surface area contributed by atoms with Crippen LogP contribution in [0.4, 0.5) is 5.69 Å². The average molecular weight is 451 g/mol. The molecule has 158 valence electrons. The monoisotopic (exact) mass is 450 g/mol. The van der Waals surface area contributed by atoms with E-state index in [1.165, 1.54) is 0 Å². The van der Waals surface area contributed by atoms with Crippen LogP contribution in [0.2, 0.25) is 0 Å². The van der Waals surface area contributed by atoms with Crippen LogP contribution in [0.3, 0.4) is 0 Å². The first-order valence-electron chi connectivity index (χ1n) is 9.73. The summed E-state index contributed by atoms with van der Waals surface area (Å²) >= 11 is 7.13. The molecule has 0 spiro atoms. The summed E-state index contributed by atoms with van der Waals surface area (Å²) in [6, 6.07) is 15.9. The molecule has 0 radical (unpaired) electrons. The minimum Gasteiger partial charge on any atom is -0.493 e. The van der Waals surface area contributed by atoms with Gasteiger partial charge in [-0.25, -0.2) is 4.98 Å². The van der Waals surface area contributed by atoms with Crippen molar-refractivity contribution >= 4 is 44.6 Å². The Kier molecular flexibility index (Phi) is 6.59. The van der Waals surface area contributed by atoms with Crippen LogP contribution in [0.15, 0.2) is 60.9 Å². The molecule has 2 aromatic carbocycles. The molecule has 0 unspecified atom stereocenters. The number of fused-ring (bicyclic) bond motifs is 1. The van der Waals surface area contributed by atoms with Gasteiger partial charge in [0.05, 0.1) is 30.1 Å². The summed E-state index contributed by atoms with van der Waals surface area (Å²) in [4.78, 5) is 8.91. The summed E-state index contributed by atoms with van der Waals surface area (Å²) in [5.41, 5.74) is 4.00. The van der Waals surface area contributed by atoms with Gasteiger partial charge in [0.2, 0.25) is 0 Å². The Hall–Kier alpha value is -3.23. The summed E-state index contributed by atoms with van der Waals surface area (Å²) in [6.45, 7) is 0.691. The fraction of sp³-hybridized carbons (Fsp3) is 0.174. The third kappa shape index (κ3) is 4.92. The van der Waals surface area contributed by atoms with E-state index >= 15 is 0 Å². The van der Waals surface area contributed by atoms with Gasteiger partial charge >= 0.3 is 0 Å². The maximum Gasteiger partial charge on any atom is 0.170 e. The van der Waals surface area contributed by atoms with Gasteiger partial charge in [-0.05, 0) is 54.5 Å². The lowest BCUT2D eigenvalue weighted by Crippen LogP contribution is -2.30. The molecule has 0 bridgehead atoms. The molecular weight excluding hydrogens is 428 g/mol. The lowest BCUT2D eigenvalue weighted by molar-refractivity contribution is 0.354. The van der Waals surface area contributed by atoms with Gasteiger partial charge in [0.25, 0.3) is 0 Å². The normalized spacial score (nSPS) is 10.6. The number of nitrogens with one attached hydrogen (secondary N) is 2. The zero-order valence-corrected chi connectivity index (χ0v) is 18.8. The molecule has 0 saturated carbocycles. The van der Waals surface area contributed by atoms with Crippen LogP contribution < -0.4 is 20.1 Å². The highest BCUT2D eigenvalue weighted by molar-refractivity contribution is 7.80. The van der Waals surface area contributed by atoms with E-state index in [1.54, 1.807) is 31.8 Å². The molecule has 2 aromatic heterocycles. The molecule has 0 fully saturated rings. The third-order valence-electron chi connectivity index (χ3n) is 4.74. The van der Waals surface area contributed by atoms with Crippen LogP contribution in [0.5, 0.6) is 11.5 Å². The highest BCUT2D eigenvalue weighted by atomic mass is 32.1. The molecule has 0 aliphatic rings. The maximum absolute atomic E-state index is 5.52. The van der Waals surface area contributed by atoms with Crippen LogP contribution in [-0.2, 0) is 6.42 Å². The first-order valence-corrected chi connectivity index (χ1v) is 11.0. The van der Waals surface area contributed by atoms with Crippen molar-refractivity contribution < 1.29 is 9.47 Å². The Morgan fingerprint density at radius 3 is 2.71 bits per heavy atom. The minimum atomic E-state index is 0.565. The lowest BCUT2D eigenvalue weighted by atomic mass is 10.1. The zero-order valence-electron chi connectivity index (χ0n) is 17.2. The van der Waals surface area contributed by atoms with Crippen LogP contribution in [0.1, 0.15) is 5.56 Å². The molecule has 6 nitrogen and oxygen atoms in total. The molecule has 2 heterocycles. The maximum atomic E-state index is 5.52. The molecule has 0 aliphatic heterocycles. The number of ether oxygens (including phenoxy) is 2. The predicted octanol–water partition coefficient (Wildman–Crippen LogP) is 4.90. The fourth-order valence-electron chi connectivity index (χ4n) is 3.20. The molecule has 0 amide bonds. The molecule has 2 N–H and O–H groups in total. The number of thiazole rings is 1. The number of rotatable bonds is 7.